The first kappa shape index (κ1) is 17.9. The lowest BCUT2D eigenvalue weighted by Gasteiger charge is -2.17. The van der Waals surface area contributed by atoms with Crippen LogP contribution in [0.1, 0.15) is 28.9 Å². The number of hydrogen-bond donors (Lipinski definition) is 2. The second kappa shape index (κ2) is 7.26. The van der Waals surface area contributed by atoms with Crippen LogP contribution in [-0.4, -0.2) is 38.8 Å². The van der Waals surface area contributed by atoms with E-state index in [1.165, 1.54) is 0 Å². The molecule has 4 rings (SSSR count). The Morgan fingerprint density at radius 1 is 1.04 bits per heavy atom. The van der Waals surface area contributed by atoms with Crippen LogP contribution >= 0.6 is 0 Å². The number of aryl methyl sites for hydroxylation is 1. The SMILES string of the molecule is Cc1nc(N)nc(-c2cccc(C(=O)N3CCCC3)c2)c1-c1ccc(N)nc1. The van der Waals surface area contributed by atoms with Crippen LogP contribution in [0.15, 0.2) is 42.6 Å². The van der Waals surface area contributed by atoms with E-state index in [0.29, 0.717) is 17.1 Å². The van der Waals surface area contributed by atoms with Gasteiger partial charge in [-0.1, -0.05) is 12.1 Å². The summed E-state index contributed by atoms with van der Waals surface area (Å²) in [5.41, 5.74) is 16.2. The smallest absolute Gasteiger partial charge is 0.253 e. The maximum Gasteiger partial charge on any atom is 0.253 e. The summed E-state index contributed by atoms with van der Waals surface area (Å²) in [4.78, 5) is 27.7. The molecular formula is C21H22N6O. The Balaban J connectivity index is 1.82. The van der Waals surface area contributed by atoms with Crippen molar-refractivity contribution in [2.75, 3.05) is 24.6 Å². The first-order chi connectivity index (χ1) is 13.5. The molecule has 3 heterocycles. The number of nitrogens with two attached hydrogens (primary N) is 2. The highest BCUT2D eigenvalue weighted by molar-refractivity contribution is 5.96. The molecule has 1 fully saturated rings. The van der Waals surface area contributed by atoms with Gasteiger partial charge in [-0.25, -0.2) is 15.0 Å². The van der Waals surface area contributed by atoms with Gasteiger partial charge in [0, 0.05) is 41.5 Å². The third-order valence-corrected chi connectivity index (χ3v) is 4.96. The Bertz CT molecular complexity index is 1030. The lowest BCUT2D eigenvalue weighted by atomic mass is 9.97. The summed E-state index contributed by atoms with van der Waals surface area (Å²) in [6, 6.07) is 11.1. The molecule has 1 aliphatic rings. The molecule has 0 spiro atoms. The summed E-state index contributed by atoms with van der Waals surface area (Å²) in [5, 5.41) is 0. The molecule has 0 atom stereocenters. The zero-order valence-corrected chi connectivity index (χ0v) is 15.7. The summed E-state index contributed by atoms with van der Waals surface area (Å²) in [5.74, 6) is 0.683. The van der Waals surface area contributed by atoms with Crippen LogP contribution in [0.5, 0.6) is 0 Å². The zero-order valence-electron chi connectivity index (χ0n) is 15.7. The summed E-state index contributed by atoms with van der Waals surface area (Å²) >= 11 is 0. The van der Waals surface area contributed by atoms with Gasteiger partial charge < -0.3 is 16.4 Å². The number of amides is 1. The fourth-order valence-corrected chi connectivity index (χ4v) is 3.60. The van der Waals surface area contributed by atoms with E-state index >= 15 is 0 Å². The lowest BCUT2D eigenvalue weighted by Crippen LogP contribution is -2.27. The third kappa shape index (κ3) is 3.38. The molecule has 3 aromatic rings. The maximum absolute atomic E-state index is 12.8. The highest BCUT2D eigenvalue weighted by Crippen LogP contribution is 2.33. The molecule has 1 amide bonds. The monoisotopic (exact) mass is 374 g/mol. The van der Waals surface area contributed by atoms with Crippen molar-refractivity contribution < 1.29 is 4.79 Å². The van der Waals surface area contributed by atoms with Gasteiger partial charge in [0.15, 0.2) is 0 Å². The van der Waals surface area contributed by atoms with E-state index in [-0.39, 0.29) is 11.9 Å². The number of hydrogen-bond acceptors (Lipinski definition) is 6. The Labute approximate surface area is 163 Å². The van der Waals surface area contributed by atoms with Gasteiger partial charge in [-0.15, -0.1) is 0 Å². The van der Waals surface area contributed by atoms with Crippen LogP contribution in [0.25, 0.3) is 22.4 Å². The summed E-state index contributed by atoms with van der Waals surface area (Å²) in [7, 11) is 0. The van der Waals surface area contributed by atoms with Crippen molar-refractivity contribution in [1.29, 1.82) is 0 Å². The summed E-state index contributed by atoms with van der Waals surface area (Å²) < 4.78 is 0. The van der Waals surface area contributed by atoms with E-state index in [1.54, 1.807) is 12.3 Å². The quantitative estimate of drug-likeness (QED) is 0.729. The molecule has 1 saturated heterocycles. The topological polar surface area (TPSA) is 111 Å². The van der Waals surface area contributed by atoms with Gasteiger partial charge in [0.2, 0.25) is 5.95 Å². The Kier molecular flexibility index (Phi) is 4.65. The number of nitrogens with zero attached hydrogens (tertiary/aromatic N) is 4. The first-order valence-electron chi connectivity index (χ1n) is 9.28. The van der Waals surface area contributed by atoms with Gasteiger partial charge in [-0.2, -0.15) is 0 Å². The van der Waals surface area contributed by atoms with Crippen LogP contribution in [0.2, 0.25) is 0 Å². The molecular weight excluding hydrogens is 352 g/mol. The van der Waals surface area contributed by atoms with Crippen molar-refractivity contribution in [3.63, 3.8) is 0 Å². The lowest BCUT2D eigenvalue weighted by molar-refractivity contribution is 0.0793. The molecule has 0 aliphatic carbocycles. The second-order valence-corrected chi connectivity index (χ2v) is 6.94. The Morgan fingerprint density at radius 2 is 1.82 bits per heavy atom. The van der Waals surface area contributed by atoms with Gasteiger partial charge in [0.25, 0.3) is 5.91 Å². The number of benzene rings is 1. The molecule has 0 saturated carbocycles. The van der Waals surface area contributed by atoms with Crippen molar-refractivity contribution in [3.05, 3.63) is 53.9 Å². The number of anilines is 2. The van der Waals surface area contributed by atoms with Gasteiger partial charge in [-0.05, 0) is 44.0 Å². The standard InChI is InChI=1S/C21H22N6O/c1-13-18(16-7-8-17(22)24-12-16)19(26-21(23)25-13)14-5-4-6-15(11-14)20(28)27-9-2-3-10-27/h4-8,11-12H,2-3,9-10H2,1H3,(H2,22,24)(H2,23,25,26). The molecule has 7 heteroatoms. The molecule has 142 valence electrons. The number of aromatic nitrogens is 3. The van der Waals surface area contributed by atoms with Crippen LogP contribution in [-0.2, 0) is 0 Å². The van der Waals surface area contributed by atoms with E-state index in [4.69, 9.17) is 11.5 Å². The predicted molar refractivity (Wildman–Crippen MR) is 109 cm³/mol. The maximum atomic E-state index is 12.8. The number of nitrogen functional groups attached to an aromatic ring is 2. The minimum Gasteiger partial charge on any atom is -0.384 e. The molecule has 0 radical (unpaired) electrons. The average molecular weight is 374 g/mol. The molecule has 1 aliphatic heterocycles. The zero-order chi connectivity index (χ0) is 19.7. The van der Waals surface area contributed by atoms with Crippen molar-refractivity contribution in [2.45, 2.75) is 19.8 Å². The van der Waals surface area contributed by atoms with Gasteiger partial charge in [0.1, 0.15) is 5.82 Å². The largest absolute Gasteiger partial charge is 0.384 e. The van der Waals surface area contributed by atoms with Crippen LogP contribution < -0.4 is 11.5 Å². The number of carbonyl (C=O) groups is 1. The third-order valence-electron chi connectivity index (χ3n) is 4.96. The number of pyridine rings is 1. The van der Waals surface area contributed by atoms with E-state index < -0.39 is 0 Å². The summed E-state index contributed by atoms with van der Waals surface area (Å²) in [6.45, 7) is 3.50. The first-order valence-corrected chi connectivity index (χ1v) is 9.28. The molecule has 1 aromatic carbocycles. The number of carbonyl (C=O) groups excluding carboxylic acids is 1. The Morgan fingerprint density at radius 3 is 2.54 bits per heavy atom. The fourth-order valence-electron chi connectivity index (χ4n) is 3.60. The molecule has 28 heavy (non-hydrogen) atoms. The minimum atomic E-state index is 0.0498. The average Bonchev–Trinajstić information content (AvgIpc) is 3.23. The highest BCUT2D eigenvalue weighted by atomic mass is 16.2. The van der Waals surface area contributed by atoms with Gasteiger partial charge in [0.05, 0.1) is 11.4 Å². The molecule has 4 N–H and O–H groups in total. The minimum absolute atomic E-state index is 0.0498. The van der Waals surface area contributed by atoms with E-state index in [1.807, 2.05) is 42.2 Å². The van der Waals surface area contributed by atoms with Gasteiger partial charge in [-0.3, -0.25) is 4.79 Å². The van der Waals surface area contributed by atoms with Crippen LogP contribution in [0.4, 0.5) is 11.8 Å². The van der Waals surface area contributed by atoms with Crippen molar-refractivity contribution in [1.82, 2.24) is 19.9 Å². The molecule has 0 unspecified atom stereocenters. The Hall–Kier alpha value is -3.48. The molecule has 2 aromatic heterocycles. The van der Waals surface area contributed by atoms with E-state index in [2.05, 4.69) is 15.0 Å². The highest BCUT2D eigenvalue weighted by Gasteiger charge is 2.21. The van der Waals surface area contributed by atoms with Crippen LogP contribution in [0.3, 0.4) is 0 Å². The van der Waals surface area contributed by atoms with Crippen molar-refractivity contribution in [3.8, 4) is 22.4 Å². The van der Waals surface area contributed by atoms with Crippen molar-refractivity contribution >= 4 is 17.7 Å². The second-order valence-electron chi connectivity index (χ2n) is 6.94. The predicted octanol–water partition coefficient (Wildman–Crippen LogP) is 2.91. The number of rotatable bonds is 3. The molecule has 0 bridgehead atoms. The van der Waals surface area contributed by atoms with E-state index in [0.717, 1.165) is 48.3 Å². The van der Waals surface area contributed by atoms with Crippen molar-refractivity contribution in [2.24, 2.45) is 0 Å². The fraction of sp³-hybridized carbons (Fsp3) is 0.238. The van der Waals surface area contributed by atoms with Gasteiger partial charge >= 0.3 is 0 Å². The number of likely N-dealkylation sites (tertiary alicyclic amines) is 1. The molecule has 7 nitrogen and oxygen atoms in total. The van der Waals surface area contributed by atoms with E-state index in [9.17, 15) is 4.79 Å². The normalized spacial score (nSPS) is 13.7. The summed E-state index contributed by atoms with van der Waals surface area (Å²) in [6.07, 6.45) is 3.81. The van der Waals surface area contributed by atoms with Crippen LogP contribution in [0, 0.1) is 6.92 Å².